The van der Waals surface area contributed by atoms with Gasteiger partial charge in [0.1, 0.15) is 17.9 Å². The standard InChI is InChI=1S/C16H15NO4/c18-12-6-4-11(5-7-12)10-17-8-9-21-15-13(16(19)20)2-1-3-14(15)17/h1-7,18H,8-10H2,(H,19,20). The number of carbonyl (C=O) groups is 1. The minimum atomic E-state index is -0.988. The lowest BCUT2D eigenvalue weighted by atomic mass is 10.1. The Morgan fingerprint density at radius 1 is 1.19 bits per heavy atom. The second-order valence-corrected chi connectivity index (χ2v) is 4.90. The lowest BCUT2D eigenvalue weighted by Crippen LogP contribution is -2.32. The molecule has 2 N–H and O–H groups in total. The number of ether oxygens (including phenoxy) is 1. The van der Waals surface area contributed by atoms with E-state index in [0.29, 0.717) is 25.4 Å². The van der Waals surface area contributed by atoms with E-state index < -0.39 is 5.97 Å². The highest BCUT2D eigenvalue weighted by Gasteiger charge is 2.23. The van der Waals surface area contributed by atoms with Gasteiger partial charge in [-0.3, -0.25) is 0 Å². The van der Waals surface area contributed by atoms with Crippen molar-refractivity contribution in [1.82, 2.24) is 0 Å². The number of phenolic OH excluding ortho intramolecular Hbond substituents is 1. The van der Waals surface area contributed by atoms with E-state index in [1.54, 1.807) is 24.3 Å². The van der Waals surface area contributed by atoms with Gasteiger partial charge in [-0.25, -0.2) is 4.79 Å². The molecular weight excluding hydrogens is 270 g/mol. The molecule has 1 heterocycles. The molecule has 1 aliphatic heterocycles. The number of benzene rings is 2. The van der Waals surface area contributed by atoms with E-state index in [0.717, 1.165) is 11.3 Å². The Hall–Kier alpha value is -2.69. The van der Waals surface area contributed by atoms with Gasteiger partial charge in [0.25, 0.3) is 0 Å². The predicted octanol–water partition coefficient (Wildman–Crippen LogP) is 2.49. The normalized spacial score (nSPS) is 13.4. The molecule has 0 aromatic heterocycles. The van der Waals surface area contributed by atoms with Gasteiger partial charge >= 0.3 is 5.97 Å². The van der Waals surface area contributed by atoms with E-state index in [1.165, 1.54) is 0 Å². The lowest BCUT2D eigenvalue weighted by molar-refractivity contribution is 0.0692. The Kier molecular flexibility index (Phi) is 3.39. The summed E-state index contributed by atoms with van der Waals surface area (Å²) < 4.78 is 5.54. The molecule has 2 aromatic carbocycles. The topological polar surface area (TPSA) is 70.0 Å². The second kappa shape index (κ2) is 5.36. The van der Waals surface area contributed by atoms with Crippen molar-refractivity contribution in [3.8, 4) is 11.5 Å². The van der Waals surface area contributed by atoms with Gasteiger partial charge in [-0.15, -0.1) is 0 Å². The van der Waals surface area contributed by atoms with Crippen LogP contribution in [0.3, 0.4) is 0 Å². The summed E-state index contributed by atoms with van der Waals surface area (Å²) in [6.45, 7) is 1.78. The second-order valence-electron chi connectivity index (χ2n) is 4.90. The zero-order valence-electron chi connectivity index (χ0n) is 11.3. The fraction of sp³-hybridized carbons (Fsp3) is 0.188. The fourth-order valence-electron chi connectivity index (χ4n) is 2.46. The molecule has 0 unspecified atom stereocenters. The van der Waals surface area contributed by atoms with Crippen molar-refractivity contribution in [2.24, 2.45) is 0 Å². The van der Waals surface area contributed by atoms with Gasteiger partial charge < -0.3 is 19.8 Å². The molecule has 0 atom stereocenters. The van der Waals surface area contributed by atoms with Crippen LogP contribution in [0.5, 0.6) is 11.5 Å². The molecule has 0 fully saturated rings. The summed E-state index contributed by atoms with van der Waals surface area (Å²) in [6.07, 6.45) is 0. The summed E-state index contributed by atoms with van der Waals surface area (Å²) in [5, 5.41) is 18.5. The van der Waals surface area contributed by atoms with Crippen LogP contribution in [0, 0.1) is 0 Å². The Morgan fingerprint density at radius 2 is 1.95 bits per heavy atom. The van der Waals surface area contributed by atoms with Gasteiger partial charge in [-0.2, -0.15) is 0 Å². The molecule has 0 saturated carbocycles. The van der Waals surface area contributed by atoms with Crippen LogP contribution in [0.25, 0.3) is 0 Å². The number of aromatic carboxylic acids is 1. The van der Waals surface area contributed by atoms with Crippen molar-refractivity contribution in [1.29, 1.82) is 0 Å². The van der Waals surface area contributed by atoms with E-state index in [1.807, 2.05) is 18.2 Å². The summed E-state index contributed by atoms with van der Waals surface area (Å²) in [6, 6.07) is 12.1. The van der Waals surface area contributed by atoms with Crippen LogP contribution in [0.15, 0.2) is 42.5 Å². The molecule has 0 spiro atoms. The lowest BCUT2D eigenvalue weighted by Gasteiger charge is -2.32. The number of hydrogen-bond donors (Lipinski definition) is 2. The first-order valence-electron chi connectivity index (χ1n) is 6.67. The zero-order chi connectivity index (χ0) is 14.8. The third-order valence-electron chi connectivity index (χ3n) is 3.48. The Balaban J connectivity index is 1.92. The molecule has 108 valence electrons. The first kappa shape index (κ1) is 13.3. The highest BCUT2D eigenvalue weighted by atomic mass is 16.5. The van der Waals surface area contributed by atoms with Crippen LogP contribution in [-0.2, 0) is 6.54 Å². The quantitative estimate of drug-likeness (QED) is 0.906. The minimum Gasteiger partial charge on any atom is -0.508 e. The largest absolute Gasteiger partial charge is 0.508 e. The fourth-order valence-corrected chi connectivity index (χ4v) is 2.46. The van der Waals surface area contributed by atoms with E-state index in [-0.39, 0.29) is 11.3 Å². The van der Waals surface area contributed by atoms with Gasteiger partial charge in [0.15, 0.2) is 5.75 Å². The maximum Gasteiger partial charge on any atom is 0.339 e. The number of aromatic hydroxyl groups is 1. The maximum absolute atomic E-state index is 11.2. The van der Waals surface area contributed by atoms with E-state index in [4.69, 9.17) is 4.74 Å². The zero-order valence-corrected chi connectivity index (χ0v) is 11.3. The van der Waals surface area contributed by atoms with Crippen molar-refractivity contribution in [2.45, 2.75) is 6.54 Å². The average molecular weight is 285 g/mol. The van der Waals surface area contributed by atoms with Crippen LogP contribution in [0.2, 0.25) is 0 Å². The average Bonchev–Trinajstić information content (AvgIpc) is 2.49. The number of rotatable bonds is 3. The predicted molar refractivity (Wildman–Crippen MR) is 78.1 cm³/mol. The summed E-state index contributed by atoms with van der Waals surface area (Å²) in [4.78, 5) is 13.3. The number of fused-ring (bicyclic) bond motifs is 1. The molecule has 0 radical (unpaired) electrons. The van der Waals surface area contributed by atoms with E-state index in [9.17, 15) is 15.0 Å². The number of phenols is 1. The number of hydrogen-bond acceptors (Lipinski definition) is 4. The summed E-state index contributed by atoms with van der Waals surface area (Å²) in [5.74, 6) is -0.331. The molecule has 5 nitrogen and oxygen atoms in total. The molecule has 3 rings (SSSR count). The third-order valence-corrected chi connectivity index (χ3v) is 3.48. The number of carboxylic acids is 1. The number of anilines is 1. The summed E-state index contributed by atoms with van der Waals surface area (Å²) in [7, 11) is 0. The monoisotopic (exact) mass is 285 g/mol. The highest BCUT2D eigenvalue weighted by molar-refractivity contribution is 5.93. The van der Waals surface area contributed by atoms with Crippen molar-refractivity contribution in [3.63, 3.8) is 0 Å². The van der Waals surface area contributed by atoms with Crippen LogP contribution >= 0.6 is 0 Å². The van der Waals surface area contributed by atoms with Crippen LogP contribution in [0.1, 0.15) is 15.9 Å². The molecule has 0 bridgehead atoms. The van der Waals surface area contributed by atoms with Gasteiger partial charge in [0.05, 0.1) is 12.2 Å². The Morgan fingerprint density at radius 3 is 2.67 bits per heavy atom. The first-order valence-corrected chi connectivity index (χ1v) is 6.67. The molecule has 0 amide bonds. The van der Waals surface area contributed by atoms with E-state index >= 15 is 0 Å². The molecule has 0 aliphatic carbocycles. The van der Waals surface area contributed by atoms with Gasteiger partial charge in [0.2, 0.25) is 0 Å². The molecule has 5 heteroatoms. The van der Waals surface area contributed by atoms with Crippen LogP contribution in [0.4, 0.5) is 5.69 Å². The van der Waals surface area contributed by atoms with Crippen LogP contribution < -0.4 is 9.64 Å². The van der Waals surface area contributed by atoms with Gasteiger partial charge in [0, 0.05) is 6.54 Å². The molecular formula is C16H15NO4. The number of nitrogens with zero attached hydrogens (tertiary/aromatic N) is 1. The Bertz CT molecular complexity index is 666. The summed E-state index contributed by atoms with van der Waals surface area (Å²) >= 11 is 0. The molecule has 1 aliphatic rings. The first-order chi connectivity index (χ1) is 10.1. The molecule has 0 saturated heterocycles. The molecule has 2 aromatic rings. The van der Waals surface area contributed by atoms with Crippen molar-refractivity contribution >= 4 is 11.7 Å². The van der Waals surface area contributed by atoms with Gasteiger partial charge in [-0.05, 0) is 29.8 Å². The van der Waals surface area contributed by atoms with E-state index in [2.05, 4.69) is 4.90 Å². The van der Waals surface area contributed by atoms with Crippen molar-refractivity contribution in [3.05, 3.63) is 53.6 Å². The van der Waals surface area contributed by atoms with Crippen molar-refractivity contribution < 1.29 is 19.7 Å². The van der Waals surface area contributed by atoms with Crippen LogP contribution in [-0.4, -0.2) is 29.3 Å². The SMILES string of the molecule is O=C(O)c1cccc2c1OCCN2Cc1ccc(O)cc1. The maximum atomic E-state index is 11.2. The summed E-state index contributed by atoms with van der Waals surface area (Å²) in [5.41, 5.74) is 2.01. The van der Waals surface area contributed by atoms with Gasteiger partial charge in [-0.1, -0.05) is 18.2 Å². The van der Waals surface area contributed by atoms with Crippen molar-refractivity contribution in [2.75, 3.05) is 18.1 Å². The number of carboxylic acid groups (broad SMARTS) is 1. The highest BCUT2D eigenvalue weighted by Crippen LogP contribution is 2.35. The Labute approximate surface area is 122 Å². The number of para-hydroxylation sites is 1. The minimum absolute atomic E-state index is 0.183. The third kappa shape index (κ3) is 2.63. The molecule has 21 heavy (non-hydrogen) atoms. The smallest absolute Gasteiger partial charge is 0.339 e.